The summed E-state index contributed by atoms with van der Waals surface area (Å²) in [5.41, 5.74) is 13.7. The molecule has 0 saturated heterocycles. The van der Waals surface area contributed by atoms with Gasteiger partial charge in [-0.3, -0.25) is 0 Å². The number of hydrogen-bond donors (Lipinski definition) is 0. The van der Waals surface area contributed by atoms with Gasteiger partial charge < -0.3 is 4.74 Å². The molecule has 1 heterocycles. The Kier molecular flexibility index (Phi) is 5.37. The first-order chi connectivity index (χ1) is 20.4. The number of rotatable bonds is 3. The number of hydrogen-bond acceptors (Lipinski definition) is 1. The van der Waals surface area contributed by atoms with Crippen LogP contribution >= 0.6 is 0 Å². The minimum Gasteiger partial charge on any atom is -0.457 e. The van der Waals surface area contributed by atoms with E-state index < -0.39 is 0 Å². The summed E-state index contributed by atoms with van der Waals surface area (Å²) in [4.78, 5) is 0. The number of para-hydroxylation sites is 1. The van der Waals surface area contributed by atoms with Crippen molar-refractivity contribution in [3.63, 3.8) is 0 Å². The molecule has 0 bridgehead atoms. The maximum absolute atomic E-state index is 6.32. The summed E-state index contributed by atoms with van der Waals surface area (Å²) in [5.74, 6) is 1.89. The predicted molar refractivity (Wildman–Crippen MR) is 173 cm³/mol. The molecule has 1 heteroatoms. The van der Waals surface area contributed by atoms with Crippen molar-refractivity contribution in [1.29, 1.82) is 0 Å². The van der Waals surface area contributed by atoms with E-state index in [9.17, 15) is 0 Å². The molecule has 0 amide bonds. The largest absolute Gasteiger partial charge is 0.457 e. The Morgan fingerprint density at radius 1 is 0.405 bits per heavy atom. The van der Waals surface area contributed by atoms with E-state index in [2.05, 4.69) is 154 Å². The van der Waals surface area contributed by atoms with Crippen molar-refractivity contribution in [3.8, 4) is 44.9 Å². The second kappa shape index (κ2) is 9.06. The van der Waals surface area contributed by atoms with Crippen molar-refractivity contribution >= 4 is 0 Å². The van der Waals surface area contributed by atoms with E-state index in [1.165, 1.54) is 61.2 Å². The third-order valence-corrected chi connectivity index (χ3v) is 9.63. The molecule has 0 N–H and O–H groups in total. The third-order valence-electron chi connectivity index (χ3n) is 9.63. The zero-order valence-electron chi connectivity index (χ0n) is 24.2. The molecule has 0 saturated carbocycles. The second-order valence-corrected chi connectivity index (χ2v) is 12.3. The van der Waals surface area contributed by atoms with Gasteiger partial charge in [0.1, 0.15) is 11.5 Å². The molecule has 0 radical (unpaired) electrons. The van der Waals surface area contributed by atoms with Crippen molar-refractivity contribution in [3.05, 3.63) is 167 Å². The lowest BCUT2D eigenvalue weighted by molar-refractivity contribution is 0.418. The SMILES string of the molecule is CC1(C)c2ccccc2Oc2ccc(-c3cccc(-c4ccc5c(c4)C(C)(c4ccccc4)c4ccccc4-5)c3)cc21. The molecule has 0 aromatic heterocycles. The van der Waals surface area contributed by atoms with E-state index in [-0.39, 0.29) is 10.8 Å². The molecular formula is C41H32O. The Bertz CT molecular complexity index is 2000. The highest BCUT2D eigenvalue weighted by Crippen LogP contribution is 2.53. The van der Waals surface area contributed by atoms with Crippen molar-refractivity contribution in [1.82, 2.24) is 0 Å². The molecule has 6 aromatic carbocycles. The molecule has 0 fully saturated rings. The molecule has 1 aliphatic heterocycles. The topological polar surface area (TPSA) is 9.23 Å². The minimum atomic E-state index is -0.207. The van der Waals surface area contributed by atoms with Crippen molar-refractivity contribution in [2.75, 3.05) is 0 Å². The average molecular weight is 541 g/mol. The zero-order chi connectivity index (χ0) is 28.5. The monoisotopic (exact) mass is 540 g/mol. The fraction of sp³-hybridized carbons (Fsp3) is 0.122. The van der Waals surface area contributed by atoms with Gasteiger partial charge >= 0.3 is 0 Å². The molecular weight excluding hydrogens is 508 g/mol. The van der Waals surface area contributed by atoms with Gasteiger partial charge in [0.15, 0.2) is 0 Å². The molecule has 0 spiro atoms. The summed E-state index contributed by atoms with van der Waals surface area (Å²) in [5, 5.41) is 0. The minimum absolute atomic E-state index is 0.144. The van der Waals surface area contributed by atoms with E-state index in [4.69, 9.17) is 4.74 Å². The van der Waals surface area contributed by atoms with Crippen LogP contribution in [0.15, 0.2) is 140 Å². The van der Waals surface area contributed by atoms with Gasteiger partial charge in [0.05, 0.1) is 0 Å². The van der Waals surface area contributed by atoms with E-state index >= 15 is 0 Å². The average Bonchev–Trinajstić information content (AvgIpc) is 3.30. The van der Waals surface area contributed by atoms with E-state index in [1.54, 1.807) is 0 Å². The van der Waals surface area contributed by atoms with Gasteiger partial charge in [0.25, 0.3) is 0 Å². The van der Waals surface area contributed by atoms with Crippen LogP contribution in [0, 0.1) is 0 Å². The predicted octanol–water partition coefficient (Wildman–Crippen LogP) is 10.8. The van der Waals surface area contributed by atoms with E-state index in [1.807, 2.05) is 6.07 Å². The van der Waals surface area contributed by atoms with Gasteiger partial charge in [-0.15, -0.1) is 0 Å². The van der Waals surface area contributed by atoms with Gasteiger partial charge in [0, 0.05) is 22.0 Å². The Morgan fingerprint density at radius 3 is 1.76 bits per heavy atom. The van der Waals surface area contributed by atoms with Crippen LogP contribution in [0.2, 0.25) is 0 Å². The normalized spacial score (nSPS) is 17.4. The second-order valence-electron chi connectivity index (χ2n) is 12.3. The molecule has 202 valence electrons. The Labute approximate surface area is 248 Å². The molecule has 42 heavy (non-hydrogen) atoms. The van der Waals surface area contributed by atoms with Gasteiger partial charge in [-0.25, -0.2) is 0 Å². The Morgan fingerprint density at radius 2 is 0.976 bits per heavy atom. The quantitative estimate of drug-likeness (QED) is 0.217. The zero-order valence-corrected chi connectivity index (χ0v) is 24.2. The van der Waals surface area contributed by atoms with E-state index in [0.29, 0.717) is 0 Å². The van der Waals surface area contributed by atoms with Gasteiger partial charge in [-0.1, -0.05) is 123 Å². The summed E-state index contributed by atoms with van der Waals surface area (Å²) >= 11 is 0. The molecule has 2 aliphatic rings. The van der Waals surface area contributed by atoms with Crippen LogP contribution in [0.25, 0.3) is 33.4 Å². The summed E-state index contributed by atoms with van der Waals surface area (Å²) in [6.45, 7) is 6.96. The lowest BCUT2D eigenvalue weighted by atomic mass is 9.74. The molecule has 8 rings (SSSR count). The summed E-state index contributed by atoms with van der Waals surface area (Å²) < 4.78 is 6.32. The first kappa shape index (κ1) is 24.9. The highest BCUT2D eigenvalue weighted by atomic mass is 16.5. The first-order valence-electron chi connectivity index (χ1n) is 14.8. The van der Waals surface area contributed by atoms with Crippen LogP contribution in [-0.2, 0) is 10.8 Å². The summed E-state index contributed by atoms with van der Waals surface area (Å²) in [7, 11) is 0. The highest BCUT2D eigenvalue weighted by molar-refractivity contribution is 5.86. The van der Waals surface area contributed by atoms with Crippen molar-refractivity contribution < 1.29 is 4.74 Å². The standard InChI is InChI=1S/C41H32O/c1-40(2)35-18-9-10-19-38(35)42-39-23-21-30(26-37(39)40)28-13-11-12-27(24-28)29-20-22-33-32-16-7-8-17-34(32)41(3,36(33)25-29)31-14-5-4-6-15-31/h4-26H,1-3H3. The van der Waals surface area contributed by atoms with Gasteiger partial charge in [0.2, 0.25) is 0 Å². The number of ether oxygens (including phenoxy) is 1. The molecule has 1 atom stereocenters. The molecule has 1 nitrogen and oxygen atoms in total. The first-order valence-corrected chi connectivity index (χ1v) is 14.8. The molecule has 6 aromatic rings. The van der Waals surface area contributed by atoms with Crippen LogP contribution in [0.3, 0.4) is 0 Å². The number of benzene rings is 6. The Hall–Kier alpha value is -4.88. The molecule has 1 unspecified atom stereocenters. The van der Waals surface area contributed by atoms with Crippen LogP contribution in [0.1, 0.15) is 48.6 Å². The van der Waals surface area contributed by atoms with Crippen molar-refractivity contribution in [2.24, 2.45) is 0 Å². The van der Waals surface area contributed by atoms with Crippen LogP contribution < -0.4 is 4.74 Å². The lowest BCUT2D eigenvalue weighted by Crippen LogP contribution is -2.24. The fourth-order valence-electron chi connectivity index (χ4n) is 7.25. The third kappa shape index (κ3) is 3.56. The van der Waals surface area contributed by atoms with Crippen LogP contribution in [-0.4, -0.2) is 0 Å². The molecule has 1 aliphatic carbocycles. The smallest absolute Gasteiger partial charge is 0.131 e. The lowest BCUT2D eigenvalue weighted by Gasteiger charge is -2.34. The van der Waals surface area contributed by atoms with E-state index in [0.717, 1.165) is 11.5 Å². The van der Waals surface area contributed by atoms with Gasteiger partial charge in [-0.05, 0) is 87.3 Å². The van der Waals surface area contributed by atoms with Gasteiger partial charge in [-0.2, -0.15) is 0 Å². The maximum Gasteiger partial charge on any atom is 0.131 e. The van der Waals surface area contributed by atoms with Crippen LogP contribution in [0.4, 0.5) is 0 Å². The Balaban J connectivity index is 1.22. The summed E-state index contributed by atoms with van der Waals surface area (Å²) in [6, 6.07) is 50.8. The number of fused-ring (bicyclic) bond motifs is 5. The highest BCUT2D eigenvalue weighted by Gasteiger charge is 2.40. The summed E-state index contributed by atoms with van der Waals surface area (Å²) in [6.07, 6.45) is 0. The fourth-order valence-corrected chi connectivity index (χ4v) is 7.25. The van der Waals surface area contributed by atoms with Crippen molar-refractivity contribution in [2.45, 2.75) is 31.6 Å². The maximum atomic E-state index is 6.32. The van der Waals surface area contributed by atoms with Crippen LogP contribution in [0.5, 0.6) is 11.5 Å².